The van der Waals surface area contributed by atoms with Crippen molar-refractivity contribution in [1.82, 2.24) is 9.55 Å². The van der Waals surface area contributed by atoms with Crippen LogP contribution in [-0.4, -0.2) is 31.0 Å². The normalized spacial score (nSPS) is 21.9. The zero-order valence-corrected chi connectivity index (χ0v) is 17.5. The second kappa shape index (κ2) is 6.67. The van der Waals surface area contributed by atoms with E-state index >= 15 is 0 Å². The lowest BCUT2D eigenvalue weighted by atomic mass is 9.83. The third kappa shape index (κ3) is 2.60. The fourth-order valence-corrected chi connectivity index (χ4v) is 4.91. The summed E-state index contributed by atoms with van der Waals surface area (Å²) >= 11 is 0. The van der Waals surface area contributed by atoms with Crippen LogP contribution in [0.3, 0.4) is 0 Å². The molecule has 2 atom stereocenters. The lowest BCUT2D eigenvalue weighted by Crippen LogP contribution is -2.41. The summed E-state index contributed by atoms with van der Waals surface area (Å²) in [6, 6.07) is 6.82. The number of hydrogen-bond acceptors (Lipinski definition) is 6. The number of phenolic OH excluding ortho intramolecular Hbond substituents is 1. The van der Waals surface area contributed by atoms with Crippen LogP contribution in [0, 0.1) is 0 Å². The van der Waals surface area contributed by atoms with E-state index in [0.29, 0.717) is 35.5 Å². The van der Waals surface area contributed by atoms with Crippen LogP contribution in [0.15, 0.2) is 41.4 Å². The monoisotopic (exact) mass is 420 g/mol. The molecule has 7 heteroatoms. The zero-order valence-electron chi connectivity index (χ0n) is 17.5. The second-order valence-corrected chi connectivity index (χ2v) is 8.22. The van der Waals surface area contributed by atoms with E-state index in [2.05, 4.69) is 6.58 Å². The SMILES string of the molecule is C=C1OCc2c(cc3n(c2=O)Cc2c-3nc3ccc(O)cc3c2CC)[C@@](O)(CC)[C@H]1O. The first-order chi connectivity index (χ1) is 14.8. The minimum absolute atomic E-state index is 0.0442. The summed E-state index contributed by atoms with van der Waals surface area (Å²) in [7, 11) is 0. The first-order valence-electron chi connectivity index (χ1n) is 10.4. The average Bonchev–Trinajstić information content (AvgIpc) is 3.09. The summed E-state index contributed by atoms with van der Waals surface area (Å²) in [5.41, 5.74) is 2.71. The Hall–Kier alpha value is -3.16. The van der Waals surface area contributed by atoms with Crippen molar-refractivity contribution in [2.75, 3.05) is 0 Å². The molecule has 4 heterocycles. The topological polar surface area (TPSA) is 105 Å². The van der Waals surface area contributed by atoms with Gasteiger partial charge in [0.1, 0.15) is 29.8 Å². The molecule has 0 spiro atoms. The standard InChI is InChI=1S/C24H24N2O5/c1-4-14-15-8-13(27)6-7-19(15)25-21-16(14)10-26-20(21)9-18-17(23(26)29)11-31-12(3)22(28)24(18,30)5-2/h6-9,22,27-28,30H,3-5,10-11H2,1-2H3/t22-,24-/m0/s1. The quantitative estimate of drug-likeness (QED) is 0.461. The summed E-state index contributed by atoms with van der Waals surface area (Å²) in [6.45, 7) is 7.79. The molecule has 7 nitrogen and oxygen atoms in total. The number of nitrogens with zero attached hydrogens (tertiary/aromatic N) is 2. The van der Waals surface area contributed by atoms with Crippen LogP contribution in [0.25, 0.3) is 22.3 Å². The summed E-state index contributed by atoms with van der Waals surface area (Å²) in [5.74, 6) is 0.213. The minimum Gasteiger partial charge on any atom is -0.508 e. The Morgan fingerprint density at radius 1 is 1.29 bits per heavy atom. The Bertz CT molecular complexity index is 1330. The van der Waals surface area contributed by atoms with Crippen molar-refractivity contribution in [3.63, 3.8) is 0 Å². The van der Waals surface area contributed by atoms with Gasteiger partial charge in [0.25, 0.3) is 5.56 Å². The molecular weight excluding hydrogens is 396 g/mol. The van der Waals surface area contributed by atoms with E-state index in [9.17, 15) is 20.1 Å². The molecule has 2 aliphatic rings. The fraction of sp³-hybridized carbons (Fsp3) is 0.333. The van der Waals surface area contributed by atoms with Crippen LogP contribution < -0.4 is 5.56 Å². The molecule has 1 aromatic carbocycles. The number of benzene rings is 1. The van der Waals surface area contributed by atoms with Crippen molar-refractivity contribution in [2.45, 2.75) is 51.5 Å². The number of pyridine rings is 2. The Labute approximate surface area is 178 Å². The number of aliphatic hydroxyl groups is 2. The van der Waals surface area contributed by atoms with Crippen LogP contribution in [0.4, 0.5) is 0 Å². The van der Waals surface area contributed by atoms with Gasteiger partial charge in [-0.3, -0.25) is 4.79 Å². The highest BCUT2D eigenvalue weighted by Crippen LogP contribution is 2.42. The summed E-state index contributed by atoms with van der Waals surface area (Å²) in [4.78, 5) is 18.3. The van der Waals surface area contributed by atoms with Crippen LogP contribution >= 0.6 is 0 Å². The predicted octanol–water partition coefficient (Wildman–Crippen LogP) is 2.70. The number of hydrogen-bond donors (Lipinski definition) is 3. The number of aliphatic hydroxyl groups excluding tert-OH is 1. The largest absolute Gasteiger partial charge is 0.508 e. The highest BCUT2D eigenvalue weighted by Gasteiger charge is 2.44. The van der Waals surface area contributed by atoms with Crippen molar-refractivity contribution in [2.24, 2.45) is 0 Å². The minimum atomic E-state index is -1.68. The van der Waals surface area contributed by atoms with E-state index in [1.165, 1.54) is 0 Å². The Balaban J connectivity index is 1.83. The molecular formula is C24H24N2O5. The van der Waals surface area contributed by atoms with Crippen LogP contribution in [0.2, 0.25) is 0 Å². The maximum absolute atomic E-state index is 13.5. The number of aromatic hydroxyl groups is 1. The third-order valence-electron chi connectivity index (χ3n) is 6.66. The Kier molecular flexibility index (Phi) is 4.26. The van der Waals surface area contributed by atoms with Crippen LogP contribution in [-0.2, 0) is 29.9 Å². The van der Waals surface area contributed by atoms with Crippen LogP contribution in [0.5, 0.6) is 5.75 Å². The highest BCUT2D eigenvalue weighted by atomic mass is 16.5. The van der Waals surface area contributed by atoms with E-state index in [-0.39, 0.29) is 30.1 Å². The van der Waals surface area contributed by atoms with Gasteiger partial charge in [0.15, 0.2) is 0 Å². The number of fused-ring (bicyclic) bond motifs is 5. The molecule has 2 aromatic heterocycles. The fourth-order valence-electron chi connectivity index (χ4n) is 4.91. The van der Waals surface area contributed by atoms with Gasteiger partial charge in [-0.15, -0.1) is 0 Å². The van der Waals surface area contributed by atoms with Crippen LogP contribution in [0.1, 0.15) is 42.5 Å². The smallest absolute Gasteiger partial charge is 0.258 e. The average molecular weight is 420 g/mol. The van der Waals surface area contributed by atoms with Gasteiger partial charge in [-0.1, -0.05) is 20.4 Å². The molecule has 0 unspecified atom stereocenters. The molecule has 31 heavy (non-hydrogen) atoms. The zero-order chi connectivity index (χ0) is 22.1. The number of aryl methyl sites for hydroxylation is 1. The first-order valence-corrected chi connectivity index (χ1v) is 10.4. The van der Waals surface area contributed by atoms with E-state index in [1.54, 1.807) is 35.8 Å². The maximum atomic E-state index is 13.5. The molecule has 0 aliphatic carbocycles. The van der Waals surface area contributed by atoms with Crippen molar-refractivity contribution in [3.05, 3.63) is 69.2 Å². The third-order valence-corrected chi connectivity index (χ3v) is 6.66. The Morgan fingerprint density at radius 2 is 2.06 bits per heavy atom. The lowest BCUT2D eigenvalue weighted by molar-refractivity contribution is -0.0808. The van der Waals surface area contributed by atoms with Gasteiger partial charge in [-0.2, -0.15) is 0 Å². The number of phenols is 1. The molecule has 0 radical (unpaired) electrons. The van der Waals surface area contributed by atoms with Gasteiger partial charge in [0.05, 0.1) is 29.0 Å². The molecule has 0 saturated carbocycles. The highest BCUT2D eigenvalue weighted by molar-refractivity contribution is 5.89. The van der Waals surface area contributed by atoms with E-state index < -0.39 is 11.7 Å². The molecule has 0 saturated heterocycles. The molecule has 0 amide bonds. The maximum Gasteiger partial charge on any atom is 0.258 e. The number of aromatic nitrogens is 2. The lowest BCUT2D eigenvalue weighted by Gasteiger charge is -2.31. The van der Waals surface area contributed by atoms with Gasteiger partial charge in [-0.25, -0.2) is 4.98 Å². The molecule has 0 fully saturated rings. The van der Waals surface area contributed by atoms with E-state index in [0.717, 1.165) is 22.0 Å². The molecule has 3 aromatic rings. The van der Waals surface area contributed by atoms with Gasteiger partial charge < -0.3 is 24.6 Å². The van der Waals surface area contributed by atoms with Gasteiger partial charge in [-0.05, 0) is 42.7 Å². The predicted molar refractivity (Wildman–Crippen MR) is 116 cm³/mol. The molecule has 160 valence electrons. The van der Waals surface area contributed by atoms with E-state index in [4.69, 9.17) is 9.72 Å². The number of ether oxygens (including phenoxy) is 1. The van der Waals surface area contributed by atoms with Gasteiger partial charge >= 0.3 is 0 Å². The number of rotatable bonds is 2. The molecule has 5 rings (SSSR count). The van der Waals surface area contributed by atoms with Crippen molar-refractivity contribution >= 4 is 10.9 Å². The molecule has 0 bridgehead atoms. The molecule has 2 aliphatic heterocycles. The summed E-state index contributed by atoms with van der Waals surface area (Å²) in [5, 5.41) is 32.9. The molecule has 3 N–H and O–H groups in total. The van der Waals surface area contributed by atoms with Crippen molar-refractivity contribution in [3.8, 4) is 17.1 Å². The summed E-state index contributed by atoms with van der Waals surface area (Å²) in [6.07, 6.45) is -0.446. The van der Waals surface area contributed by atoms with Gasteiger partial charge in [0, 0.05) is 16.5 Å². The first kappa shape index (κ1) is 19.8. The second-order valence-electron chi connectivity index (χ2n) is 8.22. The van der Waals surface area contributed by atoms with Crippen molar-refractivity contribution < 1.29 is 20.1 Å². The van der Waals surface area contributed by atoms with E-state index in [1.807, 2.05) is 6.92 Å². The van der Waals surface area contributed by atoms with Gasteiger partial charge in [0.2, 0.25) is 0 Å². The Morgan fingerprint density at radius 3 is 2.77 bits per heavy atom. The summed E-state index contributed by atoms with van der Waals surface area (Å²) < 4.78 is 7.16. The van der Waals surface area contributed by atoms with Crippen molar-refractivity contribution in [1.29, 1.82) is 0 Å².